The highest BCUT2D eigenvalue weighted by Crippen LogP contribution is 2.17. The predicted molar refractivity (Wildman–Crippen MR) is 101 cm³/mol. The molecule has 2 aromatic rings. The molecular weight excluding hydrogens is 362 g/mol. The van der Waals surface area contributed by atoms with Crippen molar-refractivity contribution in [2.45, 2.75) is 12.1 Å². The number of hydrogen-bond donors (Lipinski definition) is 1. The van der Waals surface area contributed by atoms with Gasteiger partial charge >= 0.3 is 12.1 Å². The van der Waals surface area contributed by atoms with Crippen molar-refractivity contribution in [3.8, 4) is 0 Å². The Balaban J connectivity index is 1.27. The van der Waals surface area contributed by atoms with Gasteiger partial charge in [0.1, 0.15) is 6.61 Å². The van der Waals surface area contributed by atoms with Crippen molar-refractivity contribution < 1.29 is 23.5 Å². The number of cyclic esters (lactones) is 1. The highest BCUT2D eigenvalue weighted by molar-refractivity contribution is 5.86. The normalized spacial score (nSPS) is 22.6. The number of alkyl carbamates (subject to hydrolysis) is 1. The zero-order chi connectivity index (χ0) is 19.3. The molecule has 1 N–H and O–H groups in total. The average molecular weight is 385 g/mol. The molecule has 148 valence electrons. The van der Waals surface area contributed by atoms with Crippen LogP contribution in [-0.2, 0) is 9.47 Å². The standard InChI is InChI=1S/C20H23N3O5/c24-19(17-7-4-12-26-17)27-14-18-16(21-20(25)28-18)13-22-8-10-23(11-9-22)15-5-2-1-3-6-15/h1-7,12,16,18H,8-11,13-14H2,(H,21,25)/t16-,18-/m1/s1. The molecule has 1 aromatic heterocycles. The zero-order valence-corrected chi connectivity index (χ0v) is 15.5. The lowest BCUT2D eigenvalue weighted by atomic mass is 10.1. The second-order valence-electron chi connectivity index (χ2n) is 6.89. The van der Waals surface area contributed by atoms with E-state index in [-0.39, 0.29) is 18.4 Å². The van der Waals surface area contributed by atoms with Gasteiger partial charge in [0.05, 0.1) is 12.3 Å². The van der Waals surface area contributed by atoms with Crippen LogP contribution in [-0.4, -0.2) is 68.4 Å². The first kappa shape index (κ1) is 18.4. The van der Waals surface area contributed by atoms with E-state index >= 15 is 0 Å². The van der Waals surface area contributed by atoms with Gasteiger partial charge in [-0.2, -0.15) is 0 Å². The van der Waals surface area contributed by atoms with Crippen molar-refractivity contribution in [3.63, 3.8) is 0 Å². The van der Waals surface area contributed by atoms with Crippen molar-refractivity contribution in [2.24, 2.45) is 0 Å². The fourth-order valence-electron chi connectivity index (χ4n) is 3.54. The lowest BCUT2D eigenvalue weighted by Gasteiger charge is -2.37. The molecule has 0 aliphatic carbocycles. The van der Waals surface area contributed by atoms with E-state index in [1.165, 1.54) is 18.0 Å². The first-order valence-electron chi connectivity index (χ1n) is 9.39. The minimum atomic E-state index is -0.567. The molecule has 8 nitrogen and oxygen atoms in total. The lowest BCUT2D eigenvalue weighted by Crippen LogP contribution is -2.52. The third kappa shape index (κ3) is 4.28. The molecular formula is C20H23N3O5. The van der Waals surface area contributed by atoms with E-state index in [2.05, 4.69) is 27.2 Å². The van der Waals surface area contributed by atoms with Gasteiger partial charge in [-0.05, 0) is 24.3 Å². The molecule has 8 heteroatoms. The molecule has 3 heterocycles. The van der Waals surface area contributed by atoms with E-state index in [0.29, 0.717) is 6.54 Å². The summed E-state index contributed by atoms with van der Waals surface area (Å²) in [4.78, 5) is 28.3. The Morgan fingerprint density at radius 1 is 1.11 bits per heavy atom. The molecule has 1 amide bonds. The van der Waals surface area contributed by atoms with Crippen LogP contribution in [0, 0.1) is 0 Å². The number of benzene rings is 1. The SMILES string of the molecule is O=C1N[C@H](CN2CCN(c3ccccc3)CC2)[C@@H](COC(=O)c2ccco2)O1. The number of esters is 1. The minimum Gasteiger partial charge on any atom is -0.457 e. The van der Waals surface area contributed by atoms with E-state index in [1.807, 2.05) is 18.2 Å². The number of furan rings is 1. The summed E-state index contributed by atoms with van der Waals surface area (Å²) in [6, 6.07) is 13.3. The van der Waals surface area contributed by atoms with E-state index in [4.69, 9.17) is 13.9 Å². The number of carbonyl (C=O) groups excluding carboxylic acids is 2. The lowest BCUT2D eigenvalue weighted by molar-refractivity contribution is 0.0201. The van der Waals surface area contributed by atoms with Gasteiger partial charge in [-0.15, -0.1) is 0 Å². The quantitative estimate of drug-likeness (QED) is 0.758. The Hall–Kier alpha value is -3.00. The Kier molecular flexibility index (Phi) is 5.48. The molecule has 0 spiro atoms. The fourth-order valence-corrected chi connectivity index (χ4v) is 3.54. The van der Waals surface area contributed by atoms with Crippen LogP contribution in [0.25, 0.3) is 0 Å². The van der Waals surface area contributed by atoms with Crippen molar-refractivity contribution in [2.75, 3.05) is 44.2 Å². The molecule has 0 radical (unpaired) electrons. The summed E-state index contributed by atoms with van der Waals surface area (Å²) in [6.07, 6.45) is 0.413. The number of amides is 1. The predicted octanol–water partition coefficient (Wildman–Crippen LogP) is 1.74. The molecule has 1 aromatic carbocycles. The van der Waals surface area contributed by atoms with Crippen LogP contribution in [0.15, 0.2) is 53.1 Å². The monoisotopic (exact) mass is 385 g/mol. The number of hydrogen-bond acceptors (Lipinski definition) is 7. The Morgan fingerprint density at radius 3 is 2.61 bits per heavy atom. The third-order valence-electron chi connectivity index (χ3n) is 5.06. The van der Waals surface area contributed by atoms with Gasteiger partial charge in [0.15, 0.2) is 6.10 Å². The van der Waals surface area contributed by atoms with Crippen molar-refractivity contribution in [3.05, 3.63) is 54.5 Å². The maximum Gasteiger partial charge on any atom is 0.408 e. The number of nitrogens with zero attached hydrogens (tertiary/aromatic N) is 2. The molecule has 2 aliphatic heterocycles. The highest BCUT2D eigenvalue weighted by atomic mass is 16.6. The average Bonchev–Trinajstić information content (AvgIpc) is 3.37. The van der Waals surface area contributed by atoms with Gasteiger partial charge in [0.25, 0.3) is 0 Å². The number of anilines is 1. The van der Waals surface area contributed by atoms with Gasteiger partial charge in [-0.1, -0.05) is 18.2 Å². The van der Waals surface area contributed by atoms with E-state index in [1.54, 1.807) is 6.07 Å². The summed E-state index contributed by atoms with van der Waals surface area (Å²) in [5.41, 5.74) is 1.22. The number of nitrogens with one attached hydrogen (secondary N) is 1. The van der Waals surface area contributed by atoms with E-state index in [9.17, 15) is 9.59 Å². The second-order valence-corrected chi connectivity index (χ2v) is 6.89. The summed E-state index contributed by atoms with van der Waals surface area (Å²) < 4.78 is 15.5. The van der Waals surface area contributed by atoms with E-state index < -0.39 is 18.2 Å². The molecule has 2 aliphatic rings. The van der Waals surface area contributed by atoms with Crippen LogP contribution in [0.2, 0.25) is 0 Å². The Labute approximate surface area is 163 Å². The minimum absolute atomic E-state index is 0.00702. The summed E-state index contributed by atoms with van der Waals surface area (Å²) in [5.74, 6) is -0.436. The van der Waals surface area contributed by atoms with Crippen LogP contribution in [0.1, 0.15) is 10.6 Å². The smallest absolute Gasteiger partial charge is 0.408 e. The van der Waals surface area contributed by atoms with Crippen molar-refractivity contribution in [1.82, 2.24) is 10.2 Å². The van der Waals surface area contributed by atoms with Crippen molar-refractivity contribution >= 4 is 17.7 Å². The topological polar surface area (TPSA) is 84.3 Å². The highest BCUT2D eigenvalue weighted by Gasteiger charge is 2.37. The van der Waals surface area contributed by atoms with Crippen LogP contribution >= 0.6 is 0 Å². The molecule has 28 heavy (non-hydrogen) atoms. The van der Waals surface area contributed by atoms with Crippen molar-refractivity contribution in [1.29, 1.82) is 0 Å². The molecule has 0 bridgehead atoms. The number of piperazine rings is 1. The van der Waals surface area contributed by atoms with Gasteiger partial charge in [0.2, 0.25) is 5.76 Å². The van der Waals surface area contributed by atoms with Gasteiger partial charge in [-0.25, -0.2) is 9.59 Å². The molecule has 0 unspecified atom stereocenters. The second kappa shape index (κ2) is 8.35. The summed E-state index contributed by atoms with van der Waals surface area (Å²) >= 11 is 0. The maximum atomic E-state index is 11.9. The number of carbonyl (C=O) groups is 2. The Morgan fingerprint density at radius 2 is 1.89 bits per heavy atom. The molecule has 2 saturated heterocycles. The van der Waals surface area contributed by atoms with Crippen LogP contribution in [0.3, 0.4) is 0 Å². The van der Waals surface area contributed by atoms with Gasteiger partial charge in [0, 0.05) is 38.4 Å². The maximum absolute atomic E-state index is 11.9. The molecule has 2 fully saturated rings. The Bertz CT molecular complexity index is 787. The first-order valence-corrected chi connectivity index (χ1v) is 9.39. The van der Waals surface area contributed by atoms with Crippen LogP contribution in [0.4, 0.5) is 10.5 Å². The fraction of sp³-hybridized carbons (Fsp3) is 0.400. The van der Waals surface area contributed by atoms with Crippen LogP contribution < -0.4 is 10.2 Å². The largest absolute Gasteiger partial charge is 0.457 e. The molecule has 2 atom stereocenters. The number of ether oxygens (including phenoxy) is 2. The number of para-hydroxylation sites is 1. The summed E-state index contributed by atoms with van der Waals surface area (Å²) in [6.45, 7) is 4.26. The number of rotatable bonds is 6. The third-order valence-corrected chi connectivity index (χ3v) is 5.06. The zero-order valence-electron chi connectivity index (χ0n) is 15.5. The molecule has 4 rings (SSSR count). The first-order chi connectivity index (χ1) is 13.7. The van der Waals surface area contributed by atoms with Crippen LogP contribution in [0.5, 0.6) is 0 Å². The summed E-state index contributed by atoms with van der Waals surface area (Å²) in [5, 5.41) is 2.82. The molecule has 0 saturated carbocycles. The van der Waals surface area contributed by atoms with Gasteiger partial charge < -0.3 is 24.1 Å². The van der Waals surface area contributed by atoms with Gasteiger partial charge in [-0.3, -0.25) is 4.90 Å². The summed E-state index contributed by atoms with van der Waals surface area (Å²) in [7, 11) is 0. The van der Waals surface area contributed by atoms with E-state index in [0.717, 1.165) is 26.2 Å².